The molecule has 2 rings (SSSR count). The number of hydrogen-bond acceptors (Lipinski definition) is 3. The lowest BCUT2D eigenvalue weighted by molar-refractivity contribution is 0.0696. The minimum atomic E-state index is -0.944. The van der Waals surface area contributed by atoms with Crippen molar-refractivity contribution in [3.05, 3.63) is 47.5 Å². The van der Waals surface area contributed by atoms with Gasteiger partial charge in [0.15, 0.2) is 0 Å². The van der Waals surface area contributed by atoms with Gasteiger partial charge in [0, 0.05) is 31.1 Å². The molecule has 0 fully saturated rings. The number of carbonyl (C=O) groups is 2. The van der Waals surface area contributed by atoms with Crippen LogP contribution in [0.3, 0.4) is 0 Å². The van der Waals surface area contributed by atoms with Crippen molar-refractivity contribution in [1.82, 2.24) is 10.2 Å². The van der Waals surface area contributed by atoms with Crippen LogP contribution < -0.4 is 5.32 Å². The normalized spacial score (nSPS) is 12.9. The van der Waals surface area contributed by atoms with Gasteiger partial charge in [0.05, 0.1) is 5.56 Å². The Labute approximate surface area is 128 Å². The Balaban J connectivity index is 1.86. The predicted molar refractivity (Wildman–Crippen MR) is 83.6 cm³/mol. The monoisotopic (exact) mass is 306 g/mol. The van der Waals surface area contributed by atoms with Crippen molar-refractivity contribution in [1.29, 1.82) is 0 Å². The second kappa shape index (κ2) is 7.17. The summed E-state index contributed by atoms with van der Waals surface area (Å²) in [6, 6.07) is 4.90. The van der Waals surface area contributed by atoms with E-state index in [1.165, 1.54) is 0 Å². The van der Waals surface area contributed by atoms with Gasteiger partial charge in [-0.05, 0) is 23.3 Å². The third kappa shape index (κ3) is 4.01. The zero-order valence-electron chi connectivity index (χ0n) is 11.7. The second-order valence-corrected chi connectivity index (χ2v) is 5.89. The van der Waals surface area contributed by atoms with Gasteiger partial charge in [-0.2, -0.15) is 11.8 Å². The molecule has 1 heterocycles. The molecular weight excluding hydrogens is 288 g/mol. The third-order valence-electron chi connectivity index (χ3n) is 3.22. The van der Waals surface area contributed by atoms with Gasteiger partial charge in [-0.15, -0.1) is 6.58 Å². The molecule has 2 amide bonds. The number of fused-ring (bicyclic) bond motifs is 1. The molecule has 2 N–H and O–H groups in total. The summed E-state index contributed by atoms with van der Waals surface area (Å²) in [5, 5.41) is 11.8. The maximum absolute atomic E-state index is 12.0. The Morgan fingerprint density at radius 2 is 2.14 bits per heavy atom. The highest BCUT2D eigenvalue weighted by molar-refractivity contribution is 7.99. The molecule has 1 aromatic carbocycles. The van der Waals surface area contributed by atoms with Crippen LogP contribution in [0.5, 0.6) is 0 Å². The van der Waals surface area contributed by atoms with E-state index in [2.05, 4.69) is 11.9 Å². The topological polar surface area (TPSA) is 69.6 Å². The van der Waals surface area contributed by atoms with Crippen LogP contribution in [-0.4, -0.2) is 40.1 Å². The maximum Gasteiger partial charge on any atom is 0.335 e. The Hall–Kier alpha value is -1.95. The van der Waals surface area contributed by atoms with Crippen LogP contribution in [0.15, 0.2) is 30.9 Å². The molecule has 6 heteroatoms. The van der Waals surface area contributed by atoms with Crippen LogP contribution in [0.4, 0.5) is 4.79 Å². The molecule has 0 saturated carbocycles. The summed E-state index contributed by atoms with van der Waals surface area (Å²) in [5.41, 5.74) is 2.18. The van der Waals surface area contributed by atoms with Gasteiger partial charge in [-0.1, -0.05) is 12.1 Å². The highest BCUT2D eigenvalue weighted by atomic mass is 32.2. The molecule has 1 aliphatic heterocycles. The van der Waals surface area contributed by atoms with Crippen molar-refractivity contribution in [2.45, 2.75) is 13.1 Å². The standard InChI is InChI=1S/C15H18N2O3S/c1-2-6-21-7-5-16-15(20)17-9-12-4-3-11(14(18)19)8-13(12)10-17/h2-4,8H,1,5-7,9-10H2,(H,16,20)(H,18,19). The number of nitrogens with one attached hydrogen (secondary N) is 1. The highest BCUT2D eigenvalue weighted by Gasteiger charge is 2.23. The molecule has 0 spiro atoms. The maximum atomic E-state index is 12.0. The van der Waals surface area contributed by atoms with E-state index in [4.69, 9.17) is 5.11 Å². The van der Waals surface area contributed by atoms with Gasteiger partial charge in [0.2, 0.25) is 0 Å². The largest absolute Gasteiger partial charge is 0.478 e. The number of urea groups is 1. The van der Waals surface area contributed by atoms with E-state index in [1.807, 2.05) is 6.08 Å². The number of benzene rings is 1. The van der Waals surface area contributed by atoms with E-state index in [0.717, 1.165) is 22.6 Å². The first kappa shape index (κ1) is 15.4. The fourth-order valence-electron chi connectivity index (χ4n) is 2.18. The average Bonchev–Trinajstić information content (AvgIpc) is 2.89. The lowest BCUT2D eigenvalue weighted by atomic mass is 10.1. The van der Waals surface area contributed by atoms with Crippen LogP contribution in [-0.2, 0) is 13.1 Å². The molecule has 0 radical (unpaired) electrons. The summed E-state index contributed by atoms with van der Waals surface area (Å²) in [6.07, 6.45) is 1.84. The molecule has 112 valence electrons. The molecule has 0 aromatic heterocycles. The van der Waals surface area contributed by atoms with Gasteiger partial charge in [-0.3, -0.25) is 0 Å². The number of hydrogen-bond donors (Lipinski definition) is 2. The predicted octanol–water partition coefficient (Wildman–Crippen LogP) is 2.33. The molecule has 21 heavy (non-hydrogen) atoms. The summed E-state index contributed by atoms with van der Waals surface area (Å²) in [6.45, 7) is 5.25. The van der Waals surface area contributed by atoms with Crippen molar-refractivity contribution in [3.63, 3.8) is 0 Å². The van der Waals surface area contributed by atoms with Crippen LogP contribution in [0.25, 0.3) is 0 Å². The van der Waals surface area contributed by atoms with Gasteiger partial charge < -0.3 is 15.3 Å². The van der Waals surface area contributed by atoms with E-state index in [1.54, 1.807) is 34.9 Å². The van der Waals surface area contributed by atoms with Crippen LogP contribution in [0, 0.1) is 0 Å². The molecule has 0 aliphatic carbocycles. The number of amides is 2. The number of rotatable bonds is 6. The number of aromatic carboxylic acids is 1. The van der Waals surface area contributed by atoms with E-state index >= 15 is 0 Å². The second-order valence-electron chi connectivity index (χ2n) is 4.74. The Morgan fingerprint density at radius 1 is 1.38 bits per heavy atom. The highest BCUT2D eigenvalue weighted by Crippen LogP contribution is 2.23. The zero-order valence-corrected chi connectivity index (χ0v) is 12.5. The number of thioether (sulfide) groups is 1. The molecule has 0 saturated heterocycles. The molecular formula is C15H18N2O3S. The summed E-state index contributed by atoms with van der Waals surface area (Å²) in [7, 11) is 0. The summed E-state index contributed by atoms with van der Waals surface area (Å²) in [5.74, 6) is 0.782. The Morgan fingerprint density at radius 3 is 2.86 bits per heavy atom. The van der Waals surface area contributed by atoms with Crippen molar-refractivity contribution in [2.24, 2.45) is 0 Å². The Kier molecular flexibility index (Phi) is 5.27. The molecule has 5 nitrogen and oxygen atoms in total. The molecule has 0 unspecified atom stereocenters. The van der Waals surface area contributed by atoms with Gasteiger partial charge in [0.25, 0.3) is 0 Å². The summed E-state index contributed by atoms with van der Waals surface area (Å²) < 4.78 is 0. The molecule has 1 aliphatic rings. The van der Waals surface area contributed by atoms with E-state index in [-0.39, 0.29) is 11.6 Å². The number of nitrogens with zero attached hydrogens (tertiary/aromatic N) is 1. The van der Waals surface area contributed by atoms with E-state index in [9.17, 15) is 9.59 Å². The lowest BCUT2D eigenvalue weighted by Crippen LogP contribution is -2.37. The first-order chi connectivity index (χ1) is 10.1. The van der Waals surface area contributed by atoms with E-state index in [0.29, 0.717) is 19.6 Å². The Bertz CT molecular complexity index is 560. The van der Waals surface area contributed by atoms with Crippen LogP contribution in [0.1, 0.15) is 21.5 Å². The molecule has 1 aromatic rings. The third-order valence-corrected chi connectivity index (χ3v) is 4.19. The summed E-state index contributed by atoms with van der Waals surface area (Å²) >= 11 is 1.71. The smallest absolute Gasteiger partial charge is 0.335 e. The minimum absolute atomic E-state index is 0.109. The quantitative estimate of drug-likeness (QED) is 0.625. The number of carbonyl (C=O) groups excluding carboxylic acids is 1. The summed E-state index contributed by atoms with van der Waals surface area (Å²) in [4.78, 5) is 24.7. The van der Waals surface area contributed by atoms with Gasteiger partial charge >= 0.3 is 12.0 Å². The molecule has 0 atom stereocenters. The van der Waals surface area contributed by atoms with Gasteiger partial charge in [-0.25, -0.2) is 9.59 Å². The SMILES string of the molecule is C=CCSCCNC(=O)N1Cc2ccc(C(=O)O)cc2C1. The first-order valence-electron chi connectivity index (χ1n) is 6.68. The van der Waals surface area contributed by atoms with Crippen molar-refractivity contribution < 1.29 is 14.7 Å². The number of carboxylic acid groups (broad SMARTS) is 1. The van der Waals surface area contributed by atoms with Crippen molar-refractivity contribution in [3.8, 4) is 0 Å². The fourth-order valence-corrected chi connectivity index (χ4v) is 2.76. The fraction of sp³-hybridized carbons (Fsp3) is 0.333. The number of carboxylic acids is 1. The minimum Gasteiger partial charge on any atom is -0.478 e. The first-order valence-corrected chi connectivity index (χ1v) is 7.84. The van der Waals surface area contributed by atoms with Crippen molar-refractivity contribution in [2.75, 3.05) is 18.1 Å². The zero-order chi connectivity index (χ0) is 15.2. The van der Waals surface area contributed by atoms with Crippen molar-refractivity contribution >= 4 is 23.8 Å². The van der Waals surface area contributed by atoms with Crippen LogP contribution >= 0.6 is 11.8 Å². The van der Waals surface area contributed by atoms with Crippen LogP contribution in [0.2, 0.25) is 0 Å². The van der Waals surface area contributed by atoms with Gasteiger partial charge in [0.1, 0.15) is 0 Å². The lowest BCUT2D eigenvalue weighted by Gasteiger charge is -2.16. The molecule has 0 bridgehead atoms. The van der Waals surface area contributed by atoms with E-state index < -0.39 is 5.97 Å². The average molecular weight is 306 g/mol.